The van der Waals surface area contributed by atoms with Crippen molar-refractivity contribution in [2.75, 3.05) is 0 Å². The predicted molar refractivity (Wildman–Crippen MR) is 74.2 cm³/mol. The first-order valence-corrected chi connectivity index (χ1v) is 6.92. The molecule has 0 amide bonds. The average molecular weight is 225 g/mol. The summed E-state index contributed by atoms with van der Waals surface area (Å²) in [5, 5.41) is 7.56. The van der Waals surface area contributed by atoms with E-state index in [0.717, 1.165) is 29.9 Å². The van der Waals surface area contributed by atoms with Gasteiger partial charge in [0.15, 0.2) is 0 Å². The highest BCUT2D eigenvalue weighted by Gasteiger charge is 2.22. The van der Waals surface area contributed by atoms with Gasteiger partial charge in [-0.25, -0.2) is 0 Å². The van der Waals surface area contributed by atoms with Gasteiger partial charge in [-0.1, -0.05) is 47.5 Å². The van der Waals surface area contributed by atoms with Gasteiger partial charge in [0, 0.05) is 5.71 Å². The third-order valence-electron chi connectivity index (χ3n) is 3.66. The van der Waals surface area contributed by atoms with Gasteiger partial charge >= 0.3 is 0 Å². The SMILES string of the molecule is CCCC(C)C(CC(C)CC(C)=N)C(C)C. The molecule has 3 unspecified atom stereocenters. The molecule has 96 valence electrons. The molecule has 1 N–H and O–H groups in total. The lowest BCUT2D eigenvalue weighted by Gasteiger charge is -2.30. The molecule has 0 bridgehead atoms. The summed E-state index contributed by atoms with van der Waals surface area (Å²) in [6.07, 6.45) is 4.90. The summed E-state index contributed by atoms with van der Waals surface area (Å²) in [5.74, 6) is 3.10. The van der Waals surface area contributed by atoms with Crippen LogP contribution in [0.5, 0.6) is 0 Å². The van der Waals surface area contributed by atoms with E-state index >= 15 is 0 Å². The molecule has 0 aliphatic carbocycles. The van der Waals surface area contributed by atoms with Crippen molar-refractivity contribution in [1.82, 2.24) is 0 Å². The van der Waals surface area contributed by atoms with E-state index in [4.69, 9.17) is 5.41 Å². The van der Waals surface area contributed by atoms with Crippen molar-refractivity contribution >= 4 is 5.71 Å². The molecule has 3 atom stereocenters. The molecule has 0 heterocycles. The summed E-state index contributed by atoms with van der Waals surface area (Å²) in [4.78, 5) is 0. The fourth-order valence-corrected chi connectivity index (χ4v) is 2.90. The lowest BCUT2D eigenvalue weighted by Crippen LogP contribution is -2.21. The van der Waals surface area contributed by atoms with E-state index in [1.54, 1.807) is 0 Å². The molecular weight excluding hydrogens is 194 g/mol. The van der Waals surface area contributed by atoms with Crippen LogP contribution in [-0.2, 0) is 0 Å². The Morgan fingerprint density at radius 3 is 2.06 bits per heavy atom. The Hall–Kier alpha value is -0.330. The summed E-state index contributed by atoms with van der Waals surface area (Å²) < 4.78 is 0. The Labute approximate surface area is 103 Å². The minimum atomic E-state index is 0.671. The molecule has 0 rings (SSSR count). The van der Waals surface area contributed by atoms with Crippen LogP contribution in [0.4, 0.5) is 0 Å². The van der Waals surface area contributed by atoms with Crippen LogP contribution in [0, 0.1) is 29.1 Å². The van der Waals surface area contributed by atoms with Gasteiger partial charge in [0.25, 0.3) is 0 Å². The van der Waals surface area contributed by atoms with E-state index in [2.05, 4.69) is 34.6 Å². The molecule has 0 aromatic heterocycles. The molecule has 0 aliphatic heterocycles. The summed E-state index contributed by atoms with van der Waals surface area (Å²) >= 11 is 0. The first-order valence-electron chi connectivity index (χ1n) is 6.92. The topological polar surface area (TPSA) is 23.9 Å². The van der Waals surface area contributed by atoms with Crippen molar-refractivity contribution in [3.05, 3.63) is 0 Å². The highest BCUT2D eigenvalue weighted by Crippen LogP contribution is 2.31. The summed E-state index contributed by atoms with van der Waals surface area (Å²) in [5.41, 5.74) is 0.832. The molecular formula is C15H31N. The van der Waals surface area contributed by atoms with Crippen molar-refractivity contribution in [3.63, 3.8) is 0 Å². The Morgan fingerprint density at radius 1 is 1.12 bits per heavy atom. The van der Waals surface area contributed by atoms with E-state index in [0.29, 0.717) is 5.92 Å². The van der Waals surface area contributed by atoms with Gasteiger partial charge in [-0.2, -0.15) is 0 Å². The quantitative estimate of drug-likeness (QED) is 0.552. The number of nitrogens with one attached hydrogen (secondary N) is 1. The minimum absolute atomic E-state index is 0.671. The van der Waals surface area contributed by atoms with Crippen LogP contribution in [-0.4, -0.2) is 5.71 Å². The highest BCUT2D eigenvalue weighted by atomic mass is 14.4. The van der Waals surface area contributed by atoms with Gasteiger partial charge in [-0.3, -0.25) is 0 Å². The van der Waals surface area contributed by atoms with Crippen molar-refractivity contribution < 1.29 is 0 Å². The Bertz CT molecular complexity index is 196. The zero-order chi connectivity index (χ0) is 12.7. The van der Waals surface area contributed by atoms with Gasteiger partial charge in [0.2, 0.25) is 0 Å². The molecule has 0 saturated carbocycles. The smallest absolute Gasteiger partial charge is 0.00608 e. The second kappa shape index (κ2) is 7.86. The van der Waals surface area contributed by atoms with E-state index in [1.807, 2.05) is 6.92 Å². The molecule has 0 radical (unpaired) electrons. The fourth-order valence-electron chi connectivity index (χ4n) is 2.90. The summed E-state index contributed by atoms with van der Waals surface area (Å²) in [7, 11) is 0. The van der Waals surface area contributed by atoms with Gasteiger partial charge in [0.1, 0.15) is 0 Å². The van der Waals surface area contributed by atoms with Crippen molar-refractivity contribution in [2.45, 2.75) is 67.2 Å². The monoisotopic (exact) mass is 225 g/mol. The van der Waals surface area contributed by atoms with Gasteiger partial charge < -0.3 is 5.41 Å². The molecule has 0 fully saturated rings. The van der Waals surface area contributed by atoms with Crippen LogP contribution in [0.2, 0.25) is 0 Å². The van der Waals surface area contributed by atoms with E-state index in [-0.39, 0.29) is 0 Å². The Kier molecular flexibility index (Phi) is 7.70. The van der Waals surface area contributed by atoms with E-state index < -0.39 is 0 Å². The second-order valence-corrected chi connectivity index (χ2v) is 6.00. The normalized spacial score (nSPS) is 17.2. The number of hydrogen-bond acceptors (Lipinski definition) is 1. The van der Waals surface area contributed by atoms with Crippen molar-refractivity contribution in [3.8, 4) is 0 Å². The third kappa shape index (κ3) is 6.30. The van der Waals surface area contributed by atoms with E-state index in [9.17, 15) is 0 Å². The maximum atomic E-state index is 7.56. The molecule has 0 saturated heterocycles. The lowest BCUT2D eigenvalue weighted by atomic mass is 9.76. The van der Waals surface area contributed by atoms with Crippen LogP contribution in [0.15, 0.2) is 0 Å². The number of hydrogen-bond donors (Lipinski definition) is 1. The van der Waals surface area contributed by atoms with Crippen molar-refractivity contribution in [1.29, 1.82) is 5.41 Å². The predicted octanol–water partition coefficient (Wildman–Crippen LogP) is 5.15. The molecule has 1 heteroatoms. The number of rotatable bonds is 8. The molecule has 0 aromatic rings. The maximum Gasteiger partial charge on any atom is 0.00608 e. The Balaban J connectivity index is 4.27. The lowest BCUT2D eigenvalue weighted by molar-refractivity contribution is 0.212. The zero-order valence-corrected chi connectivity index (χ0v) is 12.1. The van der Waals surface area contributed by atoms with Gasteiger partial charge in [-0.15, -0.1) is 0 Å². The molecule has 1 nitrogen and oxygen atoms in total. The maximum absolute atomic E-state index is 7.56. The fraction of sp³-hybridized carbons (Fsp3) is 0.933. The van der Waals surface area contributed by atoms with Crippen LogP contribution in [0.1, 0.15) is 67.2 Å². The largest absolute Gasteiger partial charge is 0.310 e. The minimum Gasteiger partial charge on any atom is -0.310 e. The average Bonchev–Trinajstić information content (AvgIpc) is 2.12. The first-order chi connectivity index (χ1) is 7.38. The zero-order valence-electron chi connectivity index (χ0n) is 12.1. The molecule has 0 spiro atoms. The van der Waals surface area contributed by atoms with Crippen LogP contribution < -0.4 is 0 Å². The second-order valence-electron chi connectivity index (χ2n) is 6.00. The van der Waals surface area contributed by atoms with Crippen molar-refractivity contribution in [2.24, 2.45) is 23.7 Å². The van der Waals surface area contributed by atoms with Gasteiger partial charge in [0.05, 0.1) is 0 Å². The van der Waals surface area contributed by atoms with Crippen LogP contribution in [0.3, 0.4) is 0 Å². The molecule has 0 aromatic carbocycles. The highest BCUT2D eigenvalue weighted by molar-refractivity contribution is 5.78. The van der Waals surface area contributed by atoms with Gasteiger partial charge in [-0.05, 0) is 43.4 Å². The molecule has 16 heavy (non-hydrogen) atoms. The summed E-state index contributed by atoms with van der Waals surface area (Å²) in [6.45, 7) is 13.6. The summed E-state index contributed by atoms with van der Waals surface area (Å²) in [6, 6.07) is 0. The Morgan fingerprint density at radius 2 is 1.69 bits per heavy atom. The molecule has 0 aliphatic rings. The van der Waals surface area contributed by atoms with Crippen LogP contribution in [0.25, 0.3) is 0 Å². The first kappa shape index (κ1) is 15.7. The third-order valence-corrected chi connectivity index (χ3v) is 3.66. The van der Waals surface area contributed by atoms with Crippen LogP contribution >= 0.6 is 0 Å². The van der Waals surface area contributed by atoms with E-state index in [1.165, 1.54) is 19.3 Å². The standard InChI is InChI=1S/C15H31N/c1-7-8-13(5)15(11(2)3)10-12(4)9-14(6)16/h11-13,15-16H,7-10H2,1-6H3.